The summed E-state index contributed by atoms with van der Waals surface area (Å²) in [5, 5.41) is 16.4. The largest absolute Gasteiger partial charge is 0.350 e. The zero-order valence-electron chi connectivity index (χ0n) is 12.7. The molecule has 1 aromatic rings. The van der Waals surface area contributed by atoms with Crippen molar-refractivity contribution in [3.63, 3.8) is 0 Å². The van der Waals surface area contributed by atoms with Gasteiger partial charge in [-0.1, -0.05) is 25.2 Å². The second-order valence-electron chi connectivity index (χ2n) is 5.70. The van der Waals surface area contributed by atoms with E-state index in [1.165, 1.54) is 12.8 Å². The molecule has 1 amide bonds. The highest BCUT2D eigenvalue weighted by molar-refractivity contribution is 7.11. The fourth-order valence-electron chi connectivity index (χ4n) is 2.34. The summed E-state index contributed by atoms with van der Waals surface area (Å²) in [5.41, 5.74) is 0. The number of rotatable bonds is 6. The standard InChI is InChI=1S/C14H24N4OS.ClH/c1-10(2)14-18-17-13(20-14)9-16-12(19)4-3-11-5-7-15-8-6-11;/h10-11,15H,3-9H2,1-2H3,(H,16,19);1H. The molecule has 1 fully saturated rings. The minimum Gasteiger partial charge on any atom is -0.350 e. The van der Waals surface area contributed by atoms with Gasteiger partial charge in [-0.3, -0.25) is 4.79 Å². The van der Waals surface area contributed by atoms with Gasteiger partial charge in [0.05, 0.1) is 6.54 Å². The number of halogens is 1. The molecule has 120 valence electrons. The van der Waals surface area contributed by atoms with Crippen LogP contribution in [0.2, 0.25) is 0 Å². The van der Waals surface area contributed by atoms with Gasteiger partial charge in [0.15, 0.2) is 0 Å². The molecule has 0 bridgehead atoms. The number of hydrogen-bond donors (Lipinski definition) is 2. The van der Waals surface area contributed by atoms with Crippen molar-refractivity contribution in [2.45, 2.75) is 52.0 Å². The molecule has 1 aliphatic rings. The minimum atomic E-state index is 0. The highest BCUT2D eigenvalue weighted by Crippen LogP contribution is 2.19. The Bertz CT molecular complexity index is 432. The highest BCUT2D eigenvalue weighted by atomic mass is 35.5. The molecule has 21 heavy (non-hydrogen) atoms. The van der Waals surface area contributed by atoms with Gasteiger partial charge in [0.25, 0.3) is 0 Å². The Balaban J connectivity index is 0.00000220. The number of piperidine rings is 1. The lowest BCUT2D eigenvalue weighted by molar-refractivity contribution is -0.121. The van der Waals surface area contributed by atoms with Crippen LogP contribution in [-0.4, -0.2) is 29.2 Å². The molecule has 2 heterocycles. The molecule has 1 aromatic heterocycles. The molecule has 1 saturated heterocycles. The van der Waals surface area contributed by atoms with Crippen LogP contribution < -0.4 is 10.6 Å². The quantitative estimate of drug-likeness (QED) is 0.840. The average molecular weight is 333 g/mol. The summed E-state index contributed by atoms with van der Waals surface area (Å²) in [4.78, 5) is 11.8. The molecular formula is C14H25ClN4OS. The third-order valence-corrected chi connectivity index (χ3v) is 4.88. The molecule has 2 rings (SSSR count). The molecule has 0 aromatic carbocycles. The van der Waals surface area contributed by atoms with Crippen molar-refractivity contribution in [1.29, 1.82) is 0 Å². The second kappa shape index (κ2) is 9.33. The number of nitrogens with zero attached hydrogens (tertiary/aromatic N) is 2. The normalized spacial score (nSPS) is 15.8. The maximum absolute atomic E-state index is 11.8. The lowest BCUT2D eigenvalue weighted by Crippen LogP contribution is -2.29. The topological polar surface area (TPSA) is 66.9 Å². The molecule has 0 spiro atoms. The smallest absolute Gasteiger partial charge is 0.220 e. The zero-order valence-corrected chi connectivity index (χ0v) is 14.4. The lowest BCUT2D eigenvalue weighted by atomic mass is 9.93. The molecule has 1 aliphatic heterocycles. The first kappa shape index (κ1) is 18.3. The molecule has 0 aliphatic carbocycles. The minimum absolute atomic E-state index is 0. The van der Waals surface area contributed by atoms with Crippen LogP contribution >= 0.6 is 23.7 Å². The highest BCUT2D eigenvalue weighted by Gasteiger charge is 2.14. The lowest BCUT2D eigenvalue weighted by Gasteiger charge is -2.22. The fraction of sp³-hybridized carbons (Fsp3) is 0.786. The molecule has 2 N–H and O–H groups in total. The van der Waals surface area contributed by atoms with Crippen molar-refractivity contribution < 1.29 is 4.79 Å². The molecule has 5 nitrogen and oxygen atoms in total. The van der Waals surface area contributed by atoms with E-state index in [4.69, 9.17) is 0 Å². The third kappa shape index (κ3) is 6.28. The van der Waals surface area contributed by atoms with Crippen LogP contribution in [0, 0.1) is 5.92 Å². The van der Waals surface area contributed by atoms with Crippen LogP contribution in [0.1, 0.15) is 55.5 Å². The number of nitrogens with one attached hydrogen (secondary N) is 2. The first-order valence-electron chi connectivity index (χ1n) is 7.45. The maximum atomic E-state index is 11.8. The van der Waals surface area contributed by atoms with E-state index in [0.29, 0.717) is 24.8 Å². The first-order chi connectivity index (χ1) is 9.65. The van der Waals surface area contributed by atoms with Crippen molar-refractivity contribution in [3.05, 3.63) is 10.0 Å². The van der Waals surface area contributed by atoms with E-state index in [9.17, 15) is 4.79 Å². The summed E-state index contributed by atoms with van der Waals surface area (Å²) in [6.07, 6.45) is 4.02. The molecule has 0 atom stereocenters. The van der Waals surface area contributed by atoms with Crippen LogP contribution in [0.3, 0.4) is 0 Å². The van der Waals surface area contributed by atoms with E-state index < -0.39 is 0 Å². The van der Waals surface area contributed by atoms with Gasteiger partial charge >= 0.3 is 0 Å². The predicted molar refractivity (Wildman–Crippen MR) is 87.9 cm³/mol. The van der Waals surface area contributed by atoms with E-state index in [1.807, 2.05) is 0 Å². The third-order valence-electron chi connectivity index (χ3n) is 3.65. The van der Waals surface area contributed by atoms with Crippen LogP contribution in [0.4, 0.5) is 0 Å². The van der Waals surface area contributed by atoms with Gasteiger partial charge in [0, 0.05) is 12.3 Å². The van der Waals surface area contributed by atoms with Gasteiger partial charge in [-0.2, -0.15) is 0 Å². The van der Waals surface area contributed by atoms with E-state index in [-0.39, 0.29) is 18.3 Å². The fourth-order valence-corrected chi connectivity index (χ4v) is 3.12. The number of carbonyl (C=O) groups excluding carboxylic acids is 1. The number of aromatic nitrogens is 2. The van der Waals surface area contributed by atoms with Crippen molar-refractivity contribution in [2.24, 2.45) is 5.92 Å². The van der Waals surface area contributed by atoms with Crippen LogP contribution in [0.5, 0.6) is 0 Å². The molecule has 0 unspecified atom stereocenters. The van der Waals surface area contributed by atoms with Crippen molar-refractivity contribution in [2.75, 3.05) is 13.1 Å². The van der Waals surface area contributed by atoms with E-state index in [0.717, 1.165) is 29.5 Å². The number of hydrogen-bond acceptors (Lipinski definition) is 5. The van der Waals surface area contributed by atoms with Gasteiger partial charge in [0.2, 0.25) is 5.91 Å². The number of amides is 1. The first-order valence-corrected chi connectivity index (χ1v) is 8.26. The summed E-state index contributed by atoms with van der Waals surface area (Å²) < 4.78 is 0. The molecule has 7 heteroatoms. The van der Waals surface area contributed by atoms with E-state index in [1.54, 1.807) is 11.3 Å². The van der Waals surface area contributed by atoms with E-state index in [2.05, 4.69) is 34.7 Å². The van der Waals surface area contributed by atoms with Gasteiger partial charge < -0.3 is 10.6 Å². The summed E-state index contributed by atoms with van der Waals surface area (Å²) in [5.74, 6) is 1.23. The zero-order chi connectivity index (χ0) is 14.4. The van der Waals surface area contributed by atoms with Crippen molar-refractivity contribution in [3.8, 4) is 0 Å². The summed E-state index contributed by atoms with van der Waals surface area (Å²) in [6, 6.07) is 0. The Kier molecular flexibility index (Phi) is 8.14. The summed E-state index contributed by atoms with van der Waals surface area (Å²) >= 11 is 1.58. The summed E-state index contributed by atoms with van der Waals surface area (Å²) in [7, 11) is 0. The average Bonchev–Trinajstić information content (AvgIpc) is 2.93. The van der Waals surface area contributed by atoms with E-state index >= 15 is 0 Å². The Morgan fingerprint density at radius 2 is 2.10 bits per heavy atom. The number of carbonyl (C=O) groups is 1. The van der Waals surface area contributed by atoms with Crippen LogP contribution in [0.15, 0.2) is 0 Å². The van der Waals surface area contributed by atoms with Crippen LogP contribution in [-0.2, 0) is 11.3 Å². The molecular weight excluding hydrogens is 308 g/mol. The molecule has 0 radical (unpaired) electrons. The Hall–Kier alpha value is -0.720. The van der Waals surface area contributed by atoms with Gasteiger partial charge in [-0.25, -0.2) is 0 Å². The monoisotopic (exact) mass is 332 g/mol. The van der Waals surface area contributed by atoms with Crippen molar-refractivity contribution >= 4 is 29.7 Å². The maximum Gasteiger partial charge on any atom is 0.220 e. The van der Waals surface area contributed by atoms with Gasteiger partial charge in [-0.05, 0) is 38.3 Å². The summed E-state index contributed by atoms with van der Waals surface area (Å²) in [6.45, 7) is 6.89. The Morgan fingerprint density at radius 1 is 1.38 bits per heavy atom. The van der Waals surface area contributed by atoms with Crippen molar-refractivity contribution in [1.82, 2.24) is 20.8 Å². The van der Waals surface area contributed by atoms with Gasteiger partial charge in [-0.15, -0.1) is 22.6 Å². The predicted octanol–water partition coefficient (Wildman–Crippen LogP) is 2.48. The van der Waals surface area contributed by atoms with Crippen LogP contribution in [0.25, 0.3) is 0 Å². The SMILES string of the molecule is CC(C)c1nnc(CNC(=O)CCC2CCNCC2)s1.Cl. The Morgan fingerprint density at radius 3 is 2.71 bits per heavy atom. The Labute approximate surface area is 136 Å². The molecule has 0 saturated carbocycles. The van der Waals surface area contributed by atoms with Gasteiger partial charge in [0.1, 0.15) is 10.0 Å². The second-order valence-corrected chi connectivity index (χ2v) is 6.79.